The molecule has 0 heterocycles. The first-order valence-corrected chi connectivity index (χ1v) is 7.69. The van der Waals surface area contributed by atoms with Crippen LogP contribution in [0.5, 0.6) is 11.5 Å². The second-order valence-corrected chi connectivity index (χ2v) is 5.77. The van der Waals surface area contributed by atoms with Crippen molar-refractivity contribution in [2.45, 2.75) is 13.3 Å². The minimum absolute atomic E-state index is 0.152. The Labute approximate surface area is 147 Å². The number of benzene rings is 3. The second-order valence-electron chi connectivity index (χ2n) is 5.77. The molecule has 6 heteroatoms. The lowest BCUT2D eigenvalue weighted by Crippen LogP contribution is -2.16. The van der Waals surface area contributed by atoms with Gasteiger partial charge in [0.25, 0.3) is 0 Å². The van der Waals surface area contributed by atoms with E-state index in [2.05, 4.69) is 4.74 Å². The molecule has 3 aromatic rings. The zero-order chi connectivity index (χ0) is 18.9. The number of hydrogen-bond donors (Lipinski definition) is 1. The molecular formula is C20H14F4O2. The molecule has 0 aliphatic heterocycles. The van der Waals surface area contributed by atoms with Crippen LogP contribution in [0.4, 0.5) is 17.6 Å². The number of aryl methyl sites for hydroxylation is 1. The third-order valence-corrected chi connectivity index (χ3v) is 3.89. The molecule has 1 N–H and O–H groups in total. The quantitative estimate of drug-likeness (QED) is 0.573. The zero-order valence-corrected chi connectivity index (χ0v) is 13.6. The van der Waals surface area contributed by atoms with Crippen LogP contribution in [0.1, 0.15) is 5.56 Å². The van der Waals surface area contributed by atoms with Crippen molar-refractivity contribution >= 4 is 0 Å². The molecule has 0 unspecified atom stereocenters. The minimum Gasteiger partial charge on any atom is -0.508 e. The highest BCUT2D eigenvalue weighted by molar-refractivity contribution is 5.74. The van der Waals surface area contributed by atoms with E-state index in [0.717, 1.165) is 22.8 Å². The Morgan fingerprint density at radius 2 is 1.42 bits per heavy atom. The van der Waals surface area contributed by atoms with Crippen LogP contribution in [-0.4, -0.2) is 11.5 Å². The van der Waals surface area contributed by atoms with Gasteiger partial charge in [0.1, 0.15) is 17.3 Å². The van der Waals surface area contributed by atoms with Crippen LogP contribution in [-0.2, 0) is 0 Å². The fourth-order valence-electron chi connectivity index (χ4n) is 2.73. The molecule has 0 atom stereocenters. The topological polar surface area (TPSA) is 29.5 Å². The Morgan fingerprint density at radius 1 is 0.808 bits per heavy atom. The molecule has 134 valence electrons. The molecule has 0 saturated carbocycles. The van der Waals surface area contributed by atoms with Gasteiger partial charge in [0, 0.05) is 11.6 Å². The van der Waals surface area contributed by atoms with E-state index in [4.69, 9.17) is 0 Å². The van der Waals surface area contributed by atoms with Gasteiger partial charge < -0.3 is 9.84 Å². The van der Waals surface area contributed by atoms with Crippen LogP contribution in [0.25, 0.3) is 22.3 Å². The number of alkyl halides is 3. The molecule has 0 saturated heterocycles. The lowest BCUT2D eigenvalue weighted by Gasteiger charge is -2.12. The summed E-state index contributed by atoms with van der Waals surface area (Å²) in [5.41, 5.74) is 3.35. The lowest BCUT2D eigenvalue weighted by atomic mass is 9.95. The molecule has 2 nitrogen and oxygen atoms in total. The predicted octanol–water partition coefficient (Wildman–Crippen LogP) is 6.07. The summed E-state index contributed by atoms with van der Waals surface area (Å²) < 4.78 is 54.5. The van der Waals surface area contributed by atoms with E-state index in [1.54, 1.807) is 18.2 Å². The Kier molecular flexibility index (Phi) is 4.59. The van der Waals surface area contributed by atoms with Gasteiger partial charge in [-0.05, 0) is 53.4 Å². The van der Waals surface area contributed by atoms with Gasteiger partial charge in [0.15, 0.2) is 0 Å². The summed E-state index contributed by atoms with van der Waals surface area (Å²) >= 11 is 0. The van der Waals surface area contributed by atoms with E-state index in [1.807, 2.05) is 6.92 Å². The molecule has 26 heavy (non-hydrogen) atoms. The van der Waals surface area contributed by atoms with E-state index < -0.39 is 12.2 Å². The normalized spacial score (nSPS) is 11.4. The summed E-state index contributed by atoms with van der Waals surface area (Å²) in [6.07, 6.45) is -4.73. The van der Waals surface area contributed by atoms with Gasteiger partial charge in [-0.15, -0.1) is 13.2 Å². The van der Waals surface area contributed by atoms with Crippen LogP contribution in [0.15, 0.2) is 60.7 Å². The van der Waals surface area contributed by atoms with E-state index in [1.165, 1.54) is 36.4 Å². The fraction of sp³-hybridized carbons (Fsp3) is 0.100. The van der Waals surface area contributed by atoms with Gasteiger partial charge in [-0.25, -0.2) is 4.39 Å². The lowest BCUT2D eigenvalue weighted by molar-refractivity contribution is -0.274. The highest BCUT2D eigenvalue weighted by Crippen LogP contribution is 2.32. The van der Waals surface area contributed by atoms with E-state index in [0.29, 0.717) is 11.1 Å². The molecule has 3 rings (SSSR count). The molecule has 0 amide bonds. The van der Waals surface area contributed by atoms with E-state index in [9.17, 15) is 22.7 Å². The minimum atomic E-state index is -4.73. The van der Waals surface area contributed by atoms with Gasteiger partial charge in [0.2, 0.25) is 0 Å². The summed E-state index contributed by atoms with van der Waals surface area (Å²) in [6.45, 7) is 1.83. The van der Waals surface area contributed by atoms with E-state index >= 15 is 0 Å². The average molecular weight is 362 g/mol. The first kappa shape index (κ1) is 17.8. The number of phenols is 1. The molecule has 0 aliphatic carbocycles. The summed E-state index contributed by atoms with van der Waals surface area (Å²) in [6, 6.07) is 14.8. The van der Waals surface area contributed by atoms with Crippen molar-refractivity contribution in [3.63, 3.8) is 0 Å². The smallest absolute Gasteiger partial charge is 0.508 e. The SMILES string of the molecule is Cc1cc(-c2ccc(O)cc2F)ccc1-c1ccc(OC(F)(F)F)cc1. The third-order valence-electron chi connectivity index (χ3n) is 3.89. The largest absolute Gasteiger partial charge is 0.573 e. The zero-order valence-electron chi connectivity index (χ0n) is 13.6. The van der Waals surface area contributed by atoms with Crippen LogP contribution in [0.2, 0.25) is 0 Å². The number of ether oxygens (including phenoxy) is 1. The van der Waals surface area contributed by atoms with Gasteiger partial charge >= 0.3 is 6.36 Å². The molecule has 0 aliphatic rings. The first-order valence-electron chi connectivity index (χ1n) is 7.69. The number of aromatic hydroxyl groups is 1. The van der Waals surface area contributed by atoms with Crippen molar-refractivity contribution in [2.75, 3.05) is 0 Å². The molecule has 0 spiro atoms. The van der Waals surface area contributed by atoms with Gasteiger partial charge in [-0.3, -0.25) is 0 Å². The van der Waals surface area contributed by atoms with Crippen molar-refractivity contribution in [1.82, 2.24) is 0 Å². The van der Waals surface area contributed by atoms with Crippen molar-refractivity contribution in [3.05, 3.63) is 72.0 Å². The maximum Gasteiger partial charge on any atom is 0.573 e. The monoisotopic (exact) mass is 362 g/mol. The molecule has 3 aromatic carbocycles. The molecule has 0 radical (unpaired) electrons. The number of phenolic OH excluding ortho intramolecular Hbond substituents is 1. The molecule has 0 aromatic heterocycles. The summed E-state index contributed by atoms with van der Waals surface area (Å²) in [4.78, 5) is 0. The average Bonchev–Trinajstić information content (AvgIpc) is 2.54. The Bertz CT molecular complexity index is 932. The highest BCUT2D eigenvalue weighted by atomic mass is 19.4. The van der Waals surface area contributed by atoms with Crippen molar-refractivity contribution in [1.29, 1.82) is 0 Å². The van der Waals surface area contributed by atoms with Gasteiger partial charge in [-0.2, -0.15) is 0 Å². The predicted molar refractivity (Wildman–Crippen MR) is 90.4 cm³/mol. The number of hydrogen-bond acceptors (Lipinski definition) is 2. The summed E-state index contributed by atoms with van der Waals surface area (Å²) in [5.74, 6) is -0.978. The second kappa shape index (κ2) is 6.71. The third kappa shape index (κ3) is 3.96. The Hall–Kier alpha value is -3.02. The number of rotatable bonds is 3. The summed E-state index contributed by atoms with van der Waals surface area (Å²) in [7, 11) is 0. The van der Waals surface area contributed by atoms with Gasteiger partial charge in [-0.1, -0.05) is 30.3 Å². The van der Waals surface area contributed by atoms with Crippen molar-refractivity contribution in [3.8, 4) is 33.8 Å². The standard InChI is InChI=1S/C20H14F4O2/c1-12-10-14(18-9-5-15(25)11-19(18)21)4-8-17(12)13-2-6-16(7-3-13)26-20(22,23)24/h2-11,25H,1H3. The van der Waals surface area contributed by atoms with Crippen LogP contribution in [0.3, 0.4) is 0 Å². The van der Waals surface area contributed by atoms with Crippen LogP contribution in [0, 0.1) is 12.7 Å². The maximum absolute atomic E-state index is 14.0. The molecule has 0 fully saturated rings. The first-order chi connectivity index (χ1) is 12.2. The summed E-state index contributed by atoms with van der Waals surface area (Å²) in [5, 5.41) is 9.30. The van der Waals surface area contributed by atoms with Crippen LogP contribution < -0.4 is 4.74 Å². The van der Waals surface area contributed by atoms with Crippen LogP contribution >= 0.6 is 0 Å². The number of halogens is 4. The van der Waals surface area contributed by atoms with Gasteiger partial charge in [0.05, 0.1) is 0 Å². The highest BCUT2D eigenvalue weighted by Gasteiger charge is 2.30. The Morgan fingerprint density at radius 3 is 2.00 bits per heavy atom. The van der Waals surface area contributed by atoms with Crippen molar-refractivity contribution < 1.29 is 27.4 Å². The van der Waals surface area contributed by atoms with E-state index in [-0.39, 0.29) is 11.5 Å². The van der Waals surface area contributed by atoms with Crippen molar-refractivity contribution in [2.24, 2.45) is 0 Å². The Balaban J connectivity index is 1.90. The maximum atomic E-state index is 14.0. The fourth-order valence-corrected chi connectivity index (χ4v) is 2.73. The molecule has 0 bridgehead atoms. The molecular weight excluding hydrogens is 348 g/mol.